The first kappa shape index (κ1) is 21.7. The first-order valence-corrected chi connectivity index (χ1v) is 10.6. The first-order chi connectivity index (χ1) is 15.5. The highest BCUT2D eigenvalue weighted by Gasteiger charge is 2.18. The number of nitrogens with one attached hydrogen (secondary N) is 1. The molecule has 8 heteroatoms. The minimum Gasteiger partial charge on any atom is -0.478 e. The lowest BCUT2D eigenvalue weighted by Crippen LogP contribution is -2.44. The van der Waals surface area contributed by atoms with E-state index >= 15 is 0 Å². The number of aromatic nitrogens is 2. The third-order valence-corrected chi connectivity index (χ3v) is 5.41. The Bertz CT molecular complexity index is 1070. The zero-order valence-electron chi connectivity index (χ0n) is 18.2. The van der Waals surface area contributed by atoms with E-state index in [0.717, 1.165) is 43.3 Å². The molecule has 1 aliphatic rings. The number of hydrogen-bond donors (Lipinski definition) is 1. The second-order valence-electron chi connectivity index (χ2n) is 7.83. The van der Waals surface area contributed by atoms with Crippen LogP contribution in [0.5, 0.6) is 5.75 Å². The maximum Gasteiger partial charge on any atom is 0.265 e. The molecule has 1 unspecified atom stereocenters. The van der Waals surface area contributed by atoms with E-state index in [1.54, 1.807) is 25.1 Å². The Kier molecular flexibility index (Phi) is 6.61. The molecule has 1 atom stereocenters. The lowest BCUT2D eigenvalue weighted by atomic mass is 10.1. The number of piperazine rings is 1. The van der Waals surface area contributed by atoms with Crippen LogP contribution in [0.25, 0.3) is 11.3 Å². The van der Waals surface area contributed by atoms with E-state index in [1.807, 2.05) is 30.3 Å². The molecular formula is C24H26FN5O2. The normalized spacial score (nSPS) is 15.3. The number of hydrogen-bond acceptors (Lipinski definition) is 6. The van der Waals surface area contributed by atoms with Gasteiger partial charge in [-0.3, -0.25) is 4.79 Å². The van der Waals surface area contributed by atoms with Gasteiger partial charge in [-0.05, 0) is 50.4 Å². The Labute approximate surface area is 186 Å². The van der Waals surface area contributed by atoms with E-state index in [0.29, 0.717) is 5.69 Å². The SMILES string of the molecule is CC(Oc1ccccc1F)C(=O)Nc1cccc(-c2ccc(N3CCN(C)CC3)nn2)c1. The zero-order valence-corrected chi connectivity index (χ0v) is 18.2. The number of benzene rings is 2. The number of rotatable bonds is 6. The lowest BCUT2D eigenvalue weighted by Gasteiger charge is -2.32. The Morgan fingerprint density at radius 2 is 1.81 bits per heavy atom. The van der Waals surface area contributed by atoms with Gasteiger partial charge >= 0.3 is 0 Å². The van der Waals surface area contributed by atoms with Crippen molar-refractivity contribution in [3.8, 4) is 17.0 Å². The fourth-order valence-corrected chi connectivity index (χ4v) is 3.47. The molecule has 4 rings (SSSR count). The molecule has 1 aliphatic heterocycles. The fourth-order valence-electron chi connectivity index (χ4n) is 3.47. The molecule has 1 fully saturated rings. The van der Waals surface area contributed by atoms with Crippen LogP contribution in [-0.4, -0.2) is 60.3 Å². The summed E-state index contributed by atoms with van der Waals surface area (Å²) in [6.45, 7) is 5.45. The molecule has 7 nitrogen and oxygen atoms in total. The second kappa shape index (κ2) is 9.74. The van der Waals surface area contributed by atoms with E-state index in [9.17, 15) is 9.18 Å². The maximum atomic E-state index is 13.8. The molecule has 0 saturated carbocycles. The highest BCUT2D eigenvalue weighted by molar-refractivity contribution is 5.94. The zero-order chi connectivity index (χ0) is 22.5. The summed E-state index contributed by atoms with van der Waals surface area (Å²) in [5.74, 6) is 0.0275. The lowest BCUT2D eigenvalue weighted by molar-refractivity contribution is -0.122. The minimum atomic E-state index is -0.863. The summed E-state index contributed by atoms with van der Waals surface area (Å²) in [5, 5.41) is 11.6. The number of halogens is 1. The van der Waals surface area contributed by atoms with Crippen molar-refractivity contribution in [3.05, 3.63) is 66.5 Å². The number of amides is 1. The second-order valence-corrected chi connectivity index (χ2v) is 7.83. The van der Waals surface area contributed by atoms with Crippen molar-refractivity contribution < 1.29 is 13.9 Å². The van der Waals surface area contributed by atoms with Crippen LogP contribution in [0.4, 0.5) is 15.9 Å². The molecule has 2 heterocycles. The van der Waals surface area contributed by atoms with Crippen molar-refractivity contribution in [2.45, 2.75) is 13.0 Å². The Morgan fingerprint density at radius 3 is 2.53 bits per heavy atom. The van der Waals surface area contributed by atoms with Crippen molar-refractivity contribution >= 4 is 17.4 Å². The third-order valence-electron chi connectivity index (χ3n) is 5.41. The quantitative estimate of drug-likeness (QED) is 0.640. The topological polar surface area (TPSA) is 70.6 Å². The van der Waals surface area contributed by atoms with E-state index in [4.69, 9.17) is 4.74 Å². The fraction of sp³-hybridized carbons (Fsp3) is 0.292. The standard InChI is InChI=1S/C24H26FN5O2/c1-17(32-22-9-4-3-8-20(22)25)24(31)26-19-7-5-6-18(16-19)21-10-11-23(28-27-21)30-14-12-29(2)13-15-30/h3-11,16-17H,12-15H2,1-2H3,(H,26,31). The van der Waals surface area contributed by atoms with Crippen LogP contribution in [0, 0.1) is 5.82 Å². The van der Waals surface area contributed by atoms with Gasteiger partial charge in [-0.1, -0.05) is 24.3 Å². The number of carbonyl (C=O) groups excluding carboxylic acids is 1. The Balaban J connectivity index is 1.41. The summed E-state index contributed by atoms with van der Waals surface area (Å²) in [5.41, 5.74) is 2.15. The molecule has 3 aromatic rings. The summed E-state index contributed by atoms with van der Waals surface area (Å²) in [7, 11) is 2.12. The van der Waals surface area contributed by atoms with Crippen molar-refractivity contribution in [3.63, 3.8) is 0 Å². The molecule has 0 aliphatic carbocycles. The van der Waals surface area contributed by atoms with Gasteiger partial charge in [-0.25, -0.2) is 4.39 Å². The predicted molar refractivity (Wildman–Crippen MR) is 122 cm³/mol. The highest BCUT2D eigenvalue weighted by atomic mass is 19.1. The molecule has 1 amide bonds. The molecule has 32 heavy (non-hydrogen) atoms. The number of anilines is 2. The average molecular weight is 436 g/mol. The highest BCUT2D eigenvalue weighted by Crippen LogP contribution is 2.23. The van der Waals surface area contributed by atoms with Crippen LogP contribution in [0.3, 0.4) is 0 Å². The Morgan fingerprint density at radius 1 is 1.03 bits per heavy atom. The van der Waals surface area contributed by atoms with Crippen LogP contribution in [-0.2, 0) is 4.79 Å². The summed E-state index contributed by atoms with van der Waals surface area (Å²) in [6.07, 6.45) is -0.863. The van der Waals surface area contributed by atoms with E-state index < -0.39 is 11.9 Å². The van der Waals surface area contributed by atoms with E-state index in [1.165, 1.54) is 12.1 Å². The van der Waals surface area contributed by atoms with Gasteiger partial charge in [-0.2, -0.15) is 0 Å². The summed E-state index contributed by atoms with van der Waals surface area (Å²) >= 11 is 0. The number of carbonyl (C=O) groups is 1. The van der Waals surface area contributed by atoms with E-state index in [-0.39, 0.29) is 11.7 Å². The van der Waals surface area contributed by atoms with Crippen LogP contribution < -0.4 is 15.0 Å². The van der Waals surface area contributed by atoms with Crippen molar-refractivity contribution in [2.24, 2.45) is 0 Å². The molecule has 0 radical (unpaired) electrons. The minimum absolute atomic E-state index is 0.0413. The van der Waals surface area contributed by atoms with Gasteiger partial charge in [-0.15, -0.1) is 10.2 Å². The van der Waals surface area contributed by atoms with Crippen LogP contribution >= 0.6 is 0 Å². The smallest absolute Gasteiger partial charge is 0.265 e. The molecule has 0 bridgehead atoms. The third kappa shape index (κ3) is 5.20. The van der Waals surface area contributed by atoms with Gasteiger partial charge in [0, 0.05) is 37.4 Å². The average Bonchev–Trinajstić information content (AvgIpc) is 2.81. The molecule has 1 aromatic heterocycles. The van der Waals surface area contributed by atoms with Gasteiger partial charge in [0.25, 0.3) is 5.91 Å². The van der Waals surface area contributed by atoms with Crippen LogP contribution in [0.15, 0.2) is 60.7 Å². The van der Waals surface area contributed by atoms with Gasteiger partial charge in [0.2, 0.25) is 0 Å². The largest absolute Gasteiger partial charge is 0.478 e. The van der Waals surface area contributed by atoms with E-state index in [2.05, 4.69) is 32.4 Å². The summed E-state index contributed by atoms with van der Waals surface area (Å²) in [6, 6.07) is 17.3. The maximum absolute atomic E-state index is 13.8. The molecular weight excluding hydrogens is 409 g/mol. The van der Waals surface area contributed by atoms with Crippen molar-refractivity contribution in [1.82, 2.24) is 15.1 Å². The molecule has 166 valence electrons. The monoisotopic (exact) mass is 435 g/mol. The molecule has 0 spiro atoms. The predicted octanol–water partition coefficient (Wildman–Crippen LogP) is 3.44. The van der Waals surface area contributed by atoms with Crippen molar-refractivity contribution in [1.29, 1.82) is 0 Å². The summed E-state index contributed by atoms with van der Waals surface area (Å²) in [4.78, 5) is 17.0. The number of likely N-dealkylation sites (N-methyl/N-ethyl adjacent to an activating group) is 1. The number of para-hydroxylation sites is 1. The number of ether oxygens (including phenoxy) is 1. The van der Waals surface area contributed by atoms with Crippen LogP contribution in [0.1, 0.15) is 6.92 Å². The van der Waals surface area contributed by atoms with Gasteiger partial charge < -0.3 is 19.9 Å². The molecule has 1 saturated heterocycles. The van der Waals surface area contributed by atoms with Gasteiger partial charge in [0.15, 0.2) is 23.5 Å². The number of nitrogens with zero attached hydrogens (tertiary/aromatic N) is 4. The molecule has 1 N–H and O–H groups in total. The molecule has 2 aromatic carbocycles. The Hall–Kier alpha value is -3.52. The van der Waals surface area contributed by atoms with Gasteiger partial charge in [0.05, 0.1) is 5.69 Å². The van der Waals surface area contributed by atoms with Crippen molar-refractivity contribution in [2.75, 3.05) is 43.4 Å². The van der Waals surface area contributed by atoms with Gasteiger partial charge in [0.1, 0.15) is 0 Å². The summed E-state index contributed by atoms with van der Waals surface area (Å²) < 4.78 is 19.2. The van der Waals surface area contributed by atoms with Crippen LogP contribution in [0.2, 0.25) is 0 Å². The first-order valence-electron chi connectivity index (χ1n) is 10.6.